The topological polar surface area (TPSA) is 105 Å². The largest absolute Gasteiger partial charge is 0.463 e. The van der Waals surface area contributed by atoms with E-state index in [1.807, 2.05) is 60.7 Å². The van der Waals surface area contributed by atoms with Crippen molar-refractivity contribution in [2.45, 2.75) is 62.9 Å². The third kappa shape index (κ3) is 9.19. The number of amides is 2. The van der Waals surface area contributed by atoms with Gasteiger partial charge in [-0.05, 0) is 43.2 Å². The number of ether oxygens (including phenoxy) is 1. The minimum Gasteiger partial charge on any atom is -0.463 e. The predicted octanol–water partition coefficient (Wildman–Crippen LogP) is 4.83. The Balaban J connectivity index is 1.67. The van der Waals surface area contributed by atoms with Crippen molar-refractivity contribution >= 4 is 17.8 Å². The minimum atomic E-state index is -0.650. The van der Waals surface area contributed by atoms with Gasteiger partial charge < -0.3 is 20.5 Å². The molecule has 7 nitrogen and oxygen atoms in total. The highest BCUT2D eigenvalue weighted by Crippen LogP contribution is 2.29. The SMILES string of the molecule is C=CC[C@H](CC(=O)NC1(CO)CCCC1)C(=O)N[C@H](COC(=O)[C@H](CC=C)Cc1ccccc1)c1ccccc1. The number of esters is 1. The molecule has 0 bridgehead atoms. The second kappa shape index (κ2) is 15.8. The molecule has 0 unspecified atom stereocenters. The lowest BCUT2D eigenvalue weighted by atomic mass is 9.95. The van der Waals surface area contributed by atoms with Crippen molar-refractivity contribution in [2.24, 2.45) is 11.8 Å². The molecule has 40 heavy (non-hydrogen) atoms. The molecule has 0 aromatic heterocycles. The molecule has 0 radical (unpaired) electrons. The van der Waals surface area contributed by atoms with Gasteiger partial charge in [0.2, 0.25) is 11.8 Å². The normalized spacial score (nSPS) is 16.2. The Morgan fingerprint density at radius 1 is 0.925 bits per heavy atom. The Bertz CT molecular complexity index is 1110. The number of carbonyl (C=O) groups is 3. The molecule has 1 aliphatic carbocycles. The second-order valence-corrected chi connectivity index (χ2v) is 10.6. The maximum absolute atomic E-state index is 13.4. The summed E-state index contributed by atoms with van der Waals surface area (Å²) in [6, 6.07) is 18.5. The first-order valence-corrected chi connectivity index (χ1v) is 14.1. The lowest BCUT2D eigenvalue weighted by Crippen LogP contribution is -2.50. The van der Waals surface area contributed by atoms with E-state index in [9.17, 15) is 19.5 Å². The first-order valence-electron chi connectivity index (χ1n) is 14.1. The number of nitrogens with one attached hydrogen (secondary N) is 2. The molecule has 1 saturated carbocycles. The highest BCUT2D eigenvalue weighted by Gasteiger charge is 2.35. The summed E-state index contributed by atoms with van der Waals surface area (Å²) in [6.45, 7) is 7.39. The van der Waals surface area contributed by atoms with Crippen LogP contribution in [0.2, 0.25) is 0 Å². The number of rotatable bonds is 16. The molecule has 7 heteroatoms. The van der Waals surface area contributed by atoms with E-state index in [2.05, 4.69) is 23.8 Å². The van der Waals surface area contributed by atoms with E-state index in [1.54, 1.807) is 12.2 Å². The number of carbonyl (C=O) groups excluding carboxylic acids is 3. The average Bonchev–Trinajstić information content (AvgIpc) is 3.44. The van der Waals surface area contributed by atoms with Crippen molar-refractivity contribution in [1.29, 1.82) is 0 Å². The van der Waals surface area contributed by atoms with Crippen LogP contribution < -0.4 is 10.6 Å². The molecular weight excluding hydrogens is 504 g/mol. The van der Waals surface area contributed by atoms with Crippen LogP contribution in [0.1, 0.15) is 62.1 Å². The van der Waals surface area contributed by atoms with Crippen LogP contribution in [0.25, 0.3) is 0 Å². The zero-order valence-electron chi connectivity index (χ0n) is 23.2. The summed E-state index contributed by atoms with van der Waals surface area (Å²) < 4.78 is 5.75. The molecule has 3 N–H and O–H groups in total. The first kappa shape index (κ1) is 30.8. The zero-order valence-corrected chi connectivity index (χ0v) is 23.2. The van der Waals surface area contributed by atoms with Crippen LogP contribution in [0.5, 0.6) is 0 Å². The van der Waals surface area contributed by atoms with E-state index in [-0.39, 0.29) is 37.4 Å². The molecule has 0 aliphatic heterocycles. The number of benzene rings is 2. The summed E-state index contributed by atoms with van der Waals surface area (Å²) >= 11 is 0. The summed E-state index contributed by atoms with van der Waals surface area (Å²) in [7, 11) is 0. The standard InChI is InChI=1S/C33H42N2O5/c1-3-13-27(22-30(37)35-33(24-36)19-11-12-20-33)31(38)34-29(26-17-9-6-10-18-26)23-40-32(39)28(14-4-2)21-25-15-7-5-8-16-25/h3-10,15-18,27-29,36H,1-2,11-14,19-24H2,(H,34,38)(H,35,37)/t27-,28-,29-/m1/s1. The minimum absolute atomic E-state index is 0.0284. The van der Waals surface area contributed by atoms with Crippen molar-refractivity contribution in [3.8, 4) is 0 Å². The molecule has 1 aliphatic rings. The lowest BCUT2D eigenvalue weighted by molar-refractivity contribution is -0.150. The van der Waals surface area contributed by atoms with Crippen molar-refractivity contribution in [3.05, 3.63) is 97.1 Å². The molecule has 2 aromatic rings. The third-order valence-electron chi connectivity index (χ3n) is 7.54. The Labute approximate surface area is 237 Å². The number of hydrogen-bond donors (Lipinski definition) is 3. The van der Waals surface area contributed by atoms with Gasteiger partial charge in [0, 0.05) is 6.42 Å². The predicted molar refractivity (Wildman–Crippen MR) is 156 cm³/mol. The van der Waals surface area contributed by atoms with Crippen molar-refractivity contribution < 1.29 is 24.2 Å². The summed E-state index contributed by atoms with van der Waals surface area (Å²) in [5, 5.41) is 15.8. The molecular formula is C33H42N2O5. The summed E-state index contributed by atoms with van der Waals surface area (Å²) in [4.78, 5) is 39.4. The second-order valence-electron chi connectivity index (χ2n) is 10.6. The number of aliphatic hydroxyl groups is 1. The molecule has 2 amide bonds. The average molecular weight is 547 g/mol. The monoisotopic (exact) mass is 546 g/mol. The van der Waals surface area contributed by atoms with Crippen molar-refractivity contribution in [2.75, 3.05) is 13.2 Å². The molecule has 0 spiro atoms. The van der Waals surface area contributed by atoms with E-state index >= 15 is 0 Å². The molecule has 2 aromatic carbocycles. The summed E-state index contributed by atoms with van der Waals surface area (Å²) in [5.74, 6) is -1.99. The Kier molecular flexibility index (Phi) is 12.2. The number of allylic oxidation sites excluding steroid dienone is 2. The van der Waals surface area contributed by atoms with E-state index in [0.717, 1.165) is 36.8 Å². The van der Waals surface area contributed by atoms with Crippen LogP contribution in [0.15, 0.2) is 86.0 Å². The van der Waals surface area contributed by atoms with Gasteiger partial charge in [-0.3, -0.25) is 14.4 Å². The van der Waals surface area contributed by atoms with Gasteiger partial charge in [0.15, 0.2) is 0 Å². The van der Waals surface area contributed by atoms with Crippen LogP contribution in [0, 0.1) is 11.8 Å². The Morgan fingerprint density at radius 3 is 2.12 bits per heavy atom. The Morgan fingerprint density at radius 2 is 1.52 bits per heavy atom. The maximum atomic E-state index is 13.4. The van der Waals surface area contributed by atoms with Gasteiger partial charge in [0.25, 0.3) is 0 Å². The fourth-order valence-corrected chi connectivity index (χ4v) is 5.27. The summed E-state index contributed by atoms with van der Waals surface area (Å²) in [6.07, 6.45) is 7.98. The van der Waals surface area contributed by atoms with Crippen LogP contribution in [0.4, 0.5) is 0 Å². The van der Waals surface area contributed by atoms with Crippen LogP contribution in [-0.2, 0) is 25.5 Å². The van der Waals surface area contributed by atoms with Crippen LogP contribution in [0.3, 0.4) is 0 Å². The maximum Gasteiger partial charge on any atom is 0.309 e. The van der Waals surface area contributed by atoms with Gasteiger partial charge in [-0.2, -0.15) is 0 Å². The van der Waals surface area contributed by atoms with Crippen LogP contribution in [-0.4, -0.2) is 41.6 Å². The van der Waals surface area contributed by atoms with Gasteiger partial charge in [0.1, 0.15) is 6.61 Å². The van der Waals surface area contributed by atoms with E-state index < -0.39 is 23.4 Å². The molecule has 1 fully saturated rings. The molecule has 214 valence electrons. The van der Waals surface area contributed by atoms with Gasteiger partial charge in [-0.25, -0.2) is 0 Å². The quantitative estimate of drug-likeness (QED) is 0.207. The third-order valence-corrected chi connectivity index (χ3v) is 7.54. The van der Waals surface area contributed by atoms with E-state index in [1.165, 1.54) is 0 Å². The smallest absolute Gasteiger partial charge is 0.309 e. The fraction of sp³-hybridized carbons (Fsp3) is 0.424. The van der Waals surface area contributed by atoms with Gasteiger partial charge in [0.05, 0.1) is 30.0 Å². The summed E-state index contributed by atoms with van der Waals surface area (Å²) in [5.41, 5.74) is 1.22. The highest BCUT2D eigenvalue weighted by atomic mass is 16.5. The Hall–Kier alpha value is -3.71. The van der Waals surface area contributed by atoms with Crippen molar-refractivity contribution in [3.63, 3.8) is 0 Å². The zero-order chi connectivity index (χ0) is 28.8. The molecule has 0 saturated heterocycles. The first-order chi connectivity index (χ1) is 19.4. The van der Waals surface area contributed by atoms with E-state index in [0.29, 0.717) is 19.3 Å². The molecule has 3 rings (SSSR count). The van der Waals surface area contributed by atoms with E-state index in [4.69, 9.17) is 4.74 Å². The van der Waals surface area contributed by atoms with Gasteiger partial charge in [-0.15, -0.1) is 13.2 Å². The van der Waals surface area contributed by atoms with Crippen LogP contribution >= 0.6 is 0 Å². The fourth-order valence-electron chi connectivity index (χ4n) is 5.27. The molecule has 0 heterocycles. The highest BCUT2D eigenvalue weighted by molar-refractivity contribution is 5.86. The number of aliphatic hydroxyl groups excluding tert-OH is 1. The lowest BCUT2D eigenvalue weighted by Gasteiger charge is -2.29. The van der Waals surface area contributed by atoms with Gasteiger partial charge >= 0.3 is 5.97 Å². The molecule has 3 atom stereocenters. The van der Waals surface area contributed by atoms with Crippen molar-refractivity contribution in [1.82, 2.24) is 10.6 Å². The number of hydrogen-bond acceptors (Lipinski definition) is 5. The van der Waals surface area contributed by atoms with Gasteiger partial charge in [-0.1, -0.05) is 85.7 Å².